The van der Waals surface area contributed by atoms with Gasteiger partial charge in [-0.1, -0.05) is 18.1 Å². The fraction of sp³-hybridized carbons (Fsp3) is 0.750. The Labute approximate surface area is 141 Å². The van der Waals surface area contributed by atoms with E-state index in [2.05, 4.69) is 15.0 Å². The number of carbonyl (C=O) groups is 2. The molecule has 1 aliphatic carbocycles. The number of likely N-dealkylation sites (tertiary alicyclic amines) is 1. The van der Waals surface area contributed by atoms with Crippen molar-refractivity contribution < 1.29 is 14.3 Å². The first-order valence-electron chi connectivity index (χ1n) is 8.62. The van der Waals surface area contributed by atoms with Crippen LogP contribution < -0.4 is 0 Å². The van der Waals surface area contributed by atoms with E-state index in [4.69, 9.17) is 0 Å². The summed E-state index contributed by atoms with van der Waals surface area (Å²) in [4.78, 5) is 28.1. The first-order valence-corrected chi connectivity index (χ1v) is 8.62. The van der Waals surface area contributed by atoms with Crippen LogP contribution in [0.2, 0.25) is 0 Å². The van der Waals surface area contributed by atoms with Crippen molar-refractivity contribution in [3.8, 4) is 0 Å². The minimum absolute atomic E-state index is 0.0468. The van der Waals surface area contributed by atoms with Gasteiger partial charge in [0.05, 0.1) is 19.3 Å². The third-order valence-electron chi connectivity index (χ3n) is 5.12. The highest BCUT2D eigenvalue weighted by molar-refractivity contribution is 5.86. The second-order valence-corrected chi connectivity index (χ2v) is 6.65. The van der Waals surface area contributed by atoms with Crippen molar-refractivity contribution >= 4 is 12.0 Å². The number of methoxy groups -OCH3 is 1. The molecule has 8 heteroatoms. The lowest BCUT2D eigenvalue weighted by molar-refractivity contribution is 0.0593. The molecule has 1 saturated heterocycles. The Balaban J connectivity index is 1.64. The average Bonchev–Trinajstić information content (AvgIpc) is 3.31. The number of hydrogen-bond donors (Lipinski definition) is 0. The van der Waals surface area contributed by atoms with Crippen LogP contribution >= 0.6 is 0 Å². The molecule has 3 rings (SSSR count). The molecule has 1 saturated carbocycles. The van der Waals surface area contributed by atoms with Crippen LogP contribution in [0.1, 0.15) is 55.1 Å². The largest absolute Gasteiger partial charge is 0.464 e. The van der Waals surface area contributed by atoms with Gasteiger partial charge in [0.1, 0.15) is 0 Å². The molecule has 24 heavy (non-hydrogen) atoms. The van der Waals surface area contributed by atoms with Gasteiger partial charge in [-0.05, 0) is 25.7 Å². The van der Waals surface area contributed by atoms with Gasteiger partial charge in [0.15, 0.2) is 5.69 Å². The second kappa shape index (κ2) is 7.19. The highest BCUT2D eigenvalue weighted by atomic mass is 16.5. The van der Waals surface area contributed by atoms with Crippen molar-refractivity contribution in [2.75, 3.05) is 27.2 Å². The second-order valence-electron chi connectivity index (χ2n) is 6.65. The summed E-state index contributed by atoms with van der Waals surface area (Å²) >= 11 is 0. The molecule has 0 aromatic carbocycles. The molecule has 8 nitrogen and oxygen atoms in total. The van der Waals surface area contributed by atoms with E-state index in [9.17, 15) is 9.59 Å². The van der Waals surface area contributed by atoms with Gasteiger partial charge in [-0.15, -0.1) is 5.10 Å². The Hall–Kier alpha value is -2.12. The zero-order valence-electron chi connectivity index (χ0n) is 14.3. The maximum absolute atomic E-state index is 12.8. The molecule has 1 aliphatic heterocycles. The number of aromatic nitrogens is 3. The summed E-state index contributed by atoms with van der Waals surface area (Å²) in [5, 5.41) is 7.89. The Morgan fingerprint density at radius 3 is 2.71 bits per heavy atom. The Morgan fingerprint density at radius 2 is 2.00 bits per heavy atom. The third-order valence-corrected chi connectivity index (χ3v) is 5.12. The lowest BCUT2D eigenvalue weighted by atomic mass is 10.1. The van der Waals surface area contributed by atoms with Gasteiger partial charge in [0, 0.05) is 26.2 Å². The normalized spacial score (nSPS) is 21.8. The number of rotatable bonds is 3. The molecule has 2 fully saturated rings. The third kappa shape index (κ3) is 3.37. The maximum atomic E-state index is 12.8. The molecule has 1 atom stereocenters. The van der Waals surface area contributed by atoms with Crippen LogP contribution in [0.5, 0.6) is 0 Å². The van der Waals surface area contributed by atoms with Crippen molar-refractivity contribution in [3.05, 3.63) is 11.9 Å². The maximum Gasteiger partial charge on any atom is 0.360 e. The molecule has 2 heterocycles. The number of ether oxygens (including phenoxy) is 1. The summed E-state index contributed by atoms with van der Waals surface area (Å²) in [6, 6.07) is 0.515. The van der Waals surface area contributed by atoms with Gasteiger partial charge in [0.25, 0.3) is 0 Å². The summed E-state index contributed by atoms with van der Waals surface area (Å²) in [6.45, 7) is 1.37. The smallest absolute Gasteiger partial charge is 0.360 e. The van der Waals surface area contributed by atoms with Gasteiger partial charge < -0.3 is 14.5 Å². The van der Waals surface area contributed by atoms with Crippen LogP contribution in [-0.4, -0.2) is 70.1 Å². The van der Waals surface area contributed by atoms with Gasteiger partial charge in [-0.25, -0.2) is 14.3 Å². The number of carbonyl (C=O) groups excluding carboxylic acids is 2. The van der Waals surface area contributed by atoms with E-state index in [1.807, 2.05) is 16.8 Å². The number of amides is 2. The Kier molecular flexibility index (Phi) is 5.01. The predicted molar refractivity (Wildman–Crippen MR) is 86.6 cm³/mol. The zero-order valence-corrected chi connectivity index (χ0v) is 14.3. The molecular formula is C16H25N5O3. The molecule has 0 radical (unpaired) electrons. The molecule has 0 N–H and O–H groups in total. The zero-order chi connectivity index (χ0) is 17.1. The van der Waals surface area contributed by atoms with Gasteiger partial charge in [-0.3, -0.25) is 0 Å². The lowest BCUT2D eigenvalue weighted by Gasteiger charge is -2.37. The predicted octanol–water partition coefficient (Wildman–Crippen LogP) is 1.70. The number of hydrogen-bond acceptors (Lipinski definition) is 5. The van der Waals surface area contributed by atoms with E-state index in [0.717, 1.165) is 32.2 Å². The van der Waals surface area contributed by atoms with Crippen LogP contribution in [0.3, 0.4) is 0 Å². The van der Waals surface area contributed by atoms with Gasteiger partial charge >= 0.3 is 12.0 Å². The molecular weight excluding hydrogens is 310 g/mol. The summed E-state index contributed by atoms with van der Waals surface area (Å²) in [5.41, 5.74) is 0.198. The van der Waals surface area contributed by atoms with Crippen LogP contribution in [0.4, 0.5) is 4.79 Å². The van der Waals surface area contributed by atoms with Crippen molar-refractivity contribution in [2.24, 2.45) is 0 Å². The molecule has 0 spiro atoms. The minimum atomic E-state index is -0.494. The molecule has 1 aromatic heterocycles. The van der Waals surface area contributed by atoms with Crippen molar-refractivity contribution in [1.29, 1.82) is 0 Å². The van der Waals surface area contributed by atoms with E-state index in [1.54, 1.807) is 10.9 Å². The topological polar surface area (TPSA) is 80.6 Å². The molecule has 132 valence electrons. The molecule has 0 bridgehead atoms. The summed E-state index contributed by atoms with van der Waals surface area (Å²) in [5.74, 6) is -0.494. The quantitative estimate of drug-likeness (QED) is 0.785. The highest BCUT2D eigenvalue weighted by Crippen LogP contribution is 2.26. The molecule has 2 aliphatic rings. The summed E-state index contributed by atoms with van der Waals surface area (Å²) in [6.07, 6.45) is 8.06. The van der Waals surface area contributed by atoms with Crippen LogP contribution in [0.25, 0.3) is 0 Å². The number of nitrogens with zero attached hydrogens (tertiary/aromatic N) is 5. The Morgan fingerprint density at radius 1 is 1.25 bits per heavy atom. The van der Waals surface area contributed by atoms with Gasteiger partial charge in [-0.2, -0.15) is 0 Å². The van der Waals surface area contributed by atoms with E-state index in [0.29, 0.717) is 12.6 Å². The standard InChI is InChI=1S/C16H25N5O3/c1-19(12-6-3-4-7-12)16(23)20-9-5-8-13(10-20)21-11-14(17-18-21)15(22)24-2/h11-13H,3-10H2,1-2H3/t13-/m0/s1. The number of piperidine rings is 1. The fourth-order valence-electron chi connectivity index (χ4n) is 3.67. The molecule has 0 unspecified atom stereocenters. The van der Waals surface area contributed by atoms with E-state index in [-0.39, 0.29) is 17.8 Å². The molecule has 2 amide bonds. The van der Waals surface area contributed by atoms with Gasteiger partial charge in [0.2, 0.25) is 0 Å². The van der Waals surface area contributed by atoms with Crippen LogP contribution in [0.15, 0.2) is 6.20 Å². The van der Waals surface area contributed by atoms with Crippen molar-refractivity contribution in [2.45, 2.75) is 50.6 Å². The number of esters is 1. The summed E-state index contributed by atoms with van der Waals surface area (Å²) < 4.78 is 6.34. The Bertz CT molecular complexity index is 596. The lowest BCUT2D eigenvalue weighted by Crippen LogP contribution is -2.49. The van der Waals surface area contributed by atoms with Crippen LogP contribution in [-0.2, 0) is 4.74 Å². The first-order chi connectivity index (χ1) is 11.6. The average molecular weight is 335 g/mol. The molecule has 1 aromatic rings. The summed E-state index contributed by atoms with van der Waals surface area (Å²) in [7, 11) is 3.23. The van der Waals surface area contributed by atoms with Crippen molar-refractivity contribution in [1.82, 2.24) is 24.8 Å². The van der Waals surface area contributed by atoms with E-state index < -0.39 is 5.97 Å². The SMILES string of the molecule is COC(=O)c1cn([C@H]2CCCN(C(=O)N(C)C3CCCC3)C2)nn1. The highest BCUT2D eigenvalue weighted by Gasteiger charge is 2.31. The fourth-order valence-corrected chi connectivity index (χ4v) is 3.67. The minimum Gasteiger partial charge on any atom is -0.464 e. The van der Waals surface area contributed by atoms with E-state index in [1.165, 1.54) is 20.0 Å². The van der Waals surface area contributed by atoms with Crippen LogP contribution in [0, 0.1) is 0 Å². The number of urea groups is 1. The monoisotopic (exact) mass is 335 g/mol. The first kappa shape index (κ1) is 16.7. The van der Waals surface area contributed by atoms with E-state index >= 15 is 0 Å². The van der Waals surface area contributed by atoms with Crippen molar-refractivity contribution in [3.63, 3.8) is 0 Å².